The molecule has 122 valence electrons. The lowest BCUT2D eigenvalue weighted by molar-refractivity contribution is 0.0224. The van der Waals surface area contributed by atoms with E-state index in [4.69, 9.17) is 9.47 Å². The van der Waals surface area contributed by atoms with Gasteiger partial charge in [0.25, 0.3) is 0 Å². The summed E-state index contributed by atoms with van der Waals surface area (Å²) in [6.45, 7) is 8.43. The first-order chi connectivity index (χ1) is 10.8. The maximum atomic E-state index is 5.43. The van der Waals surface area contributed by atoms with Crippen LogP contribution in [-0.2, 0) is 11.3 Å². The van der Waals surface area contributed by atoms with Crippen LogP contribution in [-0.4, -0.2) is 72.8 Å². The van der Waals surface area contributed by atoms with E-state index in [0.29, 0.717) is 6.01 Å². The third kappa shape index (κ3) is 4.38. The maximum absolute atomic E-state index is 5.43. The second-order valence-electron chi connectivity index (χ2n) is 6.23. The molecule has 6 nitrogen and oxygen atoms in total. The molecule has 0 aliphatic carbocycles. The lowest BCUT2D eigenvalue weighted by atomic mass is 9.97. The summed E-state index contributed by atoms with van der Waals surface area (Å²) in [5.74, 6) is 0.769. The average Bonchev–Trinajstić information content (AvgIpc) is 2.57. The predicted octanol–water partition coefficient (Wildman–Crippen LogP) is 1.03. The normalized spacial score (nSPS) is 24.3. The van der Waals surface area contributed by atoms with Gasteiger partial charge in [-0.25, -0.2) is 9.97 Å². The Morgan fingerprint density at radius 1 is 1.18 bits per heavy atom. The molecule has 0 radical (unpaired) electrons. The maximum Gasteiger partial charge on any atom is 0.316 e. The molecule has 0 amide bonds. The largest absolute Gasteiger partial charge is 0.467 e. The highest BCUT2D eigenvalue weighted by Gasteiger charge is 2.23. The van der Waals surface area contributed by atoms with Crippen LogP contribution < -0.4 is 4.74 Å². The number of piperidine rings is 1. The first-order valence-electron chi connectivity index (χ1n) is 8.21. The highest BCUT2D eigenvalue weighted by Crippen LogP contribution is 2.20. The van der Waals surface area contributed by atoms with Crippen molar-refractivity contribution >= 4 is 0 Å². The molecule has 0 unspecified atom stereocenters. The summed E-state index contributed by atoms with van der Waals surface area (Å²) in [6.07, 6.45) is 6.37. The molecule has 2 aliphatic heterocycles. The minimum atomic E-state index is 0.438. The molecule has 1 atom stereocenters. The second kappa shape index (κ2) is 7.85. The van der Waals surface area contributed by atoms with Crippen molar-refractivity contribution in [1.29, 1.82) is 0 Å². The van der Waals surface area contributed by atoms with Crippen molar-refractivity contribution in [2.45, 2.75) is 19.4 Å². The van der Waals surface area contributed by atoms with Crippen LogP contribution in [0.4, 0.5) is 0 Å². The van der Waals surface area contributed by atoms with Crippen LogP contribution in [0.3, 0.4) is 0 Å². The predicted molar refractivity (Wildman–Crippen MR) is 83.8 cm³/mol. The Balaban J connectivity index is 1.49. The van der Waals surface area contributed by atoms with Crippen molar-refractivity contribution in [2.24, 2.45) is 5.92 Å². The molecule has 0 saturated carbocycles. The van der Waals surface area contributed by atoms with E-state index in [1.165, 1.54) is 32.5 Å². The molecule has 2 saturated heterocycles. The Morgan fingerprint density at radius 3 is 2.68 bits per heavy atom. The van der Waals surface area contributed by atoms with Crippen LogP contribution in [0.1, 0.15) is 18.4 Å². The van der Waals surface area contributed by atoms with Gasteiger partial charge in [-0.3, -0.25) is 9.80 Å². The molecular formula is C16H26N4O2. The SMILES string of the molecule is COc1ncc(CN2CCC[C@H](CN3CCOCC3)C2)cn1. The molecule has 1 aromatic rings. The van der Waals surface area contributed by atoms with Crippen LogP contribution in [0, 0.1) is 5.92 Å². The van der Waals surface area contributed by atoms with Gasteiger partial charge in [0.1, 0.15) is 0 Å². The second-order valence-corrected chi connectivity index (χ2v) is 6.23. The van der Waals surface area contributed by atoms with Crippen molar-refractivity contribution in [3.8, 4) is 6.01 Å². The fourth-order valence-corrected chi connectivity index (χ4v) is 3.38. The Hall–Kier alpha value is -1.24. The molecular weight excluding hydrogens is 280 g/mol. The van der Waals surface area contributed by atoms with Gasteiger partial charge < -0.3 is 9.47 Å². The van der Waals surface area contributed by atoms with Gasteiger partial charge in [0.2, 0.25) is 0 Å². The molecule has 6 heteroatoms. The molecule has 0 aromatic carbocycles. The zero-order chi connectivity index (χ0) is 15.2. The fraction of sp³-hybridized carbons (Fsp3) is 0.750. The first-order valence-corrected chi connectivity index (χ1v) is 8.21. The summed E-state index contributed by atoms with van der Waals surface area (Å²) in [5, 5.41) is 0. The number of ether oxygens (including phenoxy) is 2. The molecule has 2 aliphatic rings. The topological polar surface area (TPSA) is 50.7 Å². The third-order valence-electron chi connectivity index (χ3n) is 4.49. The van der Waals surface area contributed by atoms with Gasteiger partial charge in [0.15, 0.2) is 0 Å². The van der Waals surface area contributed by atoms with Gasteiger partial charge >= 0.3 is 6.01 Å². The van der Waals surface area contributed by atoms with Gasteiger partial charge in [-0.15, -0.1) is 0 Å². The fourth-order valence-electron chi connectivity index (χ4n) is 3.38. The zero-order valence-corrected chi connectivity index (χ0v) is 13.4. The molecule has 0 N–H and O–H groups in total. The van der Waals surface area contributed by atoms with Gasteiger partial charge in [0.05, 0.1) is 20.3 Å². The summed E-state index contributed by atoms with van der Waals surface area (Å²) in [5.41, 5.74) is 1.16. The standard InChI is InChI=1S/C16H26N4O2/c1-21-16-17-9-15(10-18-16)13-20-4-2-3-14(12-20)11-19-5-7-22-8-6-19/h9-10,14H,2-8,11-13H2,1H3/t14-/m1/s1. The molecule has 1 aromatic heterocycles. The van der Waals surface area contributed by atoms with E-state index in [9.17, 15) is 0 Å². The molecule has 3 rings (SSSR count). The van der Waals surface area contributed by atoms with Crippen LogP contribution in [0.15, 0.2) is 12.4 Å². The Kier molecular flexibility index (Phi) is 5.58. The smallest absolute Gasteiger partial charge is 0.316 e. The van der Waals surface area contributed by atoms with E-state index in [1.54, 1.807) is 7.11 Å². The van der Waals surface area contributed by atoms with Crippen molar-refractivity contribution in [1.82, 2.24) is 19.8 Å². The number of hydrogen-bond donors (Lipinski definition) is 0. The number of likely N-dealkylation sites (tertiary alicyclic amines) is 1. The van der Waals surface area contributed by atoms with Gasteiger partial charge in [-0.05, 0) is 25.3 Å². The van der Waals surface area contributed by atoms with E-state index in [-0.39, 0.29) is 0 Å². The molecule has 0 bridgehead atoms. The van der Waals surface area contributed by atoms with Crippen molar-refractivity contribution in [2.75, 3.05) is 53.0 Å². The quantitative estimate of drug-likeness (QED) is 0.810. The van der Waals surface area contributed by atoms with Gasteiger partial charge in [-0.1, -0.05) is 0 Å². The molecule has 3 heterocycles. The van der Waals surface area contributed by atoms with E-state index >= 15 is 0 Å². The summed E-state index contributed by atoms with van der Waals surface area (Å²) in [4.78, 5) is 13.5. The third-order valence-corrected chi connectivity index (χ3v) is 4.49. The summed E-state index contributed by atoms with van der Waals surface area (Å²) < 4.78 is 10.4. The van der Waals surface area contributed by atoms with E-state index < -0.39 is 0 Å². The van der Waals surface area contributed by atoms with E-state index in [1.807, 2.05) is 12.4 Å². The Bertz CT molecular complexity index is 448. The lowest BCUT2D eigenvalue weighted by Crippen LogP contribution is -2.44. The minimum Gasteiger partial charge on any atom is -0.467 e. The van der Waals surface area contributed by atoms with Crippen LogP contribution in [0.25, 0.3) is 0 Å². The monoisotopic (exact) mass is 306 g/mol. The van der Waals surface area contributed by atoms with Crippen LogP contribution in [0.5, 0.6) is 6.01 Å². The Morgan fingerprint density at radius 2 is 1.95 bits per heavy atom. The minimum absolute atomic E-state index is 0.438. The van der Waals surface area contributed by atoms with E-state index in [0.717, 1.165) is 44.3 Å². The van der Waals surface area contributed by atoms with Crippen LogP contribution >= 0.6 is 0 Å². The number of methoxy groups -OCH3 is 1. The summed E-state index contributed by atoms with van der Waals surface area (Å²) >= 11 is 0. The number of nitrogens with zero attached hydrogens (tertiary/aromatic N) is 4. The number of hydrogen-bond acceptors (Lipinski definition) is 6. The Labute approximate surface area is 132 Å². The van der Waals surface area contributed by atoms with Crippen LogP contribution in [0.2, 0.25) is 0 Å². The summed E-state index contributed by atoms with van der Waals surface area (Å²) in [6, 6.07) is 0.438. The molecule has 22 heavy (non-hydrogen) atoms. The van der Waals surface area contributed by atoms with Crippen molar-refractivity contribution < 1.29 is 9.47 Å². The summed E-state index contributed by atoms with van der Waals surface area (Å²) in [7, 11) is 1.59. The van der Waals surface area contributed by atoms with E-state index in [2.05, 4.69) is 19.8 Å². The first kappa shape index (κ1) is 15.6. The zero-order valence-electron chi connectivity index (χ0n) is 13.4. The molecule has 0 spiro atoms. The highest BCUT2D eigenvalue weighted by atomic mass is 16.5. The molecule has 2 fully saturated rings. The number of aromatic nitrogens is 2. The average molecular weight is 306 g/mol. The van der Waals surface area contributed by atoms with Gasteiger partial charge in [-0.2, -0.15) is 0 Å². The van der Waals surface area contributed by atoms with Crippen molar-refractivity contribution in [3.63, 3.8) is 0 Å². The number of rotatable bonds is 5. The lowest BCUT2D eigenvalue weighted by Gasteiger charge is -2.36. The van der Waals surface area contributed by atoms with Crippen molar-refractivity contribution in [3.05, 3.63) is 18.0 Å². The van der Waals surface area contributed by atoms with Gasteiger partial charge in [0, 0.05) is 50.7 Å². The highest BCUT2D eigenvalue weighted by molar-refractivity contribution is 5.07. The number of morpholine rings is 1.